The molecule has 1 amide bonds. The van der Waals surface area contributed by atoms with Gasteiger partial charge in [-0.25, -0.2) is 4.79 Å². The van der Waals surface area contributed by atoms with Gasteiger partial charge in [0.1, 0.15) is 5.82 Å². The van der Waals surface area contributed by atoms with Crippen LogP contribution in [-0.4, -0.2) is 46.9 Å². The second-order valence-corrected chi connectivity index (χ2v) is 6.08. The summed E-state index contributed by atoms with van der Waals surface area (Å²) in [5, 5.41) is 7.92. The Kier molecular flexibility index (Phi) is 4.14. The lowest BCUT2D eigenvalue weighted by Gasteiger charge is -2.31. The molecule has 1 atom stereocenters. The van der Waals surface area contributed by atoms with E-state index in [-0.39, 0.29) is 0 Å². The molecule has 0 bridgehead atoms. The fraction of sp³-hybridized carbons (Fsp3) is 0.733. The maximum Gasteiger partial charge on any atom is 0.341 e. The predicted molar refractivity (Wildman–Crippen MR) is 82.7 cm³/mol. The summed E-state index contributed by atoms with van der Waals surface area (Å²) in [5.41, 5.74) is 7.81. The number of nitrogens with zero attached hydrogens (tertiary/aromatic N) is 3. The lowest BCUT2D eigenvalue weighted by atomic mass is 9.91. The lowest BCUT2D eigenvalue weighted by molar-refractivity contribution is 0.215. The molecule has 3 heterocycles. The van der Waals surface area contributed by atoms with Crippen molar-refractivity contribution in [3.8, 4) is 0 Å². The third kappa shape index (κ3) is 2.77. The Labute approximate surface area is 125 Å². The molecule has 116 valence electrons. The number of hydrogen-bond donors (Lipinski definition) is 2. The summed E-state index contributed by atoms with van der Waals surface area (Å²) in [6, 6.07) is -0.491. The van der Waals surface area contributed by atoms with E-state index < -0.39 is 6.03 Å². The van der Waals surface area contributed by atoms with E-state index in [9.17, 15) is 4.79 Å². The van der Waals surface area contributed by atoms with Gasteiger partial charge in [0, 0.05) is 24.6 Å². The fourth-order valence-electron chi connectivity index (χ4n) is 3.58. The highest BCUT2D eigenvalue weighted by Crippen LogP contribution is 2.34. The molecule has 0 spiro atoms. The molecule has 1 aromatic heterocycles. The van der Waals surface area contributed by atoms with E-state index in [0.29, 0.717) is 5.92 Å². The molecule has 1 fully saturated rings. The quantitative estimate of drug-likeness (QED) is 0.870. The largest absolute Gasteiger partial charge is 0.370 e. The van der Waals surface area contributed by atoms with Gasteiger partial charge in [-0.2, -0.15) is 9.78 Å². The lowest BCUT2D eigenvalue weighted by Crippen LogP contribution is -2.34. The number of rotatable bonds is 2. The molecule has 6 heteroatoms. The average Bonchev–Trinajstić information content (AvgIpc) is 2.69. The molecule has 2 aliphatic rings. The molecule has 3 rings (SSSR count). The number of likely N-dealkylation sites (tertiary alicyclic amines) is 1. The van der Waals surface area contributed by atoms with E-state index in [1.165, 1.54) is 23.2 Å². The first-order valence-electron chi connectivity index (χ1n) is 8.08. The highest BCUT2D eigenvalue weighted by molar-refractivity contribution is 5.79. The number of carbonyl (C=O) groups excluding carboxylic acids is 1. The number of carbonyl (C=O) groups is 1. The van der Waals surface area contributed by atoms with Gasteiger partial charge in [0.15, 0.2) is 0 Å². The van der Waals surface area contributed by atoms with Crippen molar-refractivity contribution in [1.82, 2.24) is 14.7 Å². The Hall–Kier alpha value is -1.56. The second-order valence-electron chi connectivity index (χ2n) is 6.08. The van der Waals surface area contributed by atoms with Crippen LogP contribution in [0.3, 0.4) is 0 Å². The van der Waals surface area contributed by atoms with Crippen LogP contribution in [0.4, 0.5) is 10.6 Å². The van der Waals surface area contributed by atoms with Crippen molar-refractivity contribution in [3.63, 3.8) is 0 Å². The number of nitrogens with two attached hydrogens (primary N) is 1. The van der Waals surface area contributed by atoms with Crippen LogP contribution in [0, 0.1) is 0 Å². The van der Waals surface area contributed by atoms with Crippen molar-refractivity contribution in [2.75, 3.05) is 31.5 Å². The van der Waals surface area contributed by atoms with Crippen LogP contribution < -0.4 is 11.1 Å². The Bertz CT molecular complexity index is 524. The molecule has 6 nitrogen and oxygen atoms in total. The van der Waals surface area contributed by atoms with Gasteiger partial charge >= 0.3 is 6.03 Å². The number of anilines is 1. The van der Waals surface area contributed by atoms with Gasteiger partial charge in [-0.1, -0.05) is 6.92 Å². The Morgan fingerprint density at radius 2 is 2.29 bits per heavy atom. The average molecular weight is 291 g/mol. The number of piperidine rings is 1. The van der Waals surface area contributed by atoms with E-state index in [1.54, 1.807) is 0 Å². The maximum absolute atomic E-state index is 11.7. The molecule has 1 aromatic rings. The van der Waals surface area contributed by atoms with Crippen LogP contribution >= 0.6 is 0 Å². The van der Waals surface area contributed by atoms with Crippen LogP contribution in [0.25, 0.3) is 0 Å². The zero-order valence-corrected chi connectivity index (χ0v) is 12.8. The molecule has 0 saturated carbocycles. The van der Waals surface area contributed by atoms with Crippen molar-refractivity contribution >= 4 is 11.8 Å². The van der Waals surface area contributed by atoms with E-state index in [1.807, 2.05) is 0 Å². The summed E-state index contributed by atoms with van der Waals surface area (Å²) in [7, 11) is 0. The SMILES string of the molecule is CCN1CCCC(c2nn(C(N)=O)c3c2CCCCN3)C1. The van der Waals surface area contributed by atoms with Crippen molar-refractivity contribution in [2.24, 2.45) is 5.73 Å². The summed E-state index contributed by atoms with van der Waals surface area (Å²) in [5.74, 6) is 1.26. The first kappa shape index (κ1) is 14.4. The van der Waals surface area contributed by atoms with Gasteiger partial charge in [0.05, 0.1) is 5.69 Å². The summed E-state index contributed by atoms with van der Waals surface area (Å²) < 4.78 is 1.38. The van der Waals surface area contributed by atoms with Crippen LogP contribution in [-0.2, 0) is 6.42 Å². The minimum atomic E-state index is -0.491. The number of likely N-dealkylation sites (N-methyl/N-ethyl adjacent to an activating group) is 1. The fourth-order valence-corrected chi connectivity index (χ4v) is 3.58. The smallest absolute Gasteiger partial charge is 0.341 e. The first-order chi connectivity index (χ1) is 10.2. The molecule has 1 unspecified atom stereocenters. The van der Waals surface area contributed by atoms with Gasteiger partial charge in [0.25, 0.3) is 0 Å². The minimum Gasteiger partial charge on any atom is -0.370 e. The topological polar surface area (TPSA) is 76.2 Å². The zero-order chi connectivity index (χ0) is 14.8. The number of nitrogens with one attached hydrogen (secondary N) is 1. The Morgan fingerprint density at radius 1 is 1.43 bits per heavy atom. The third-order valence-corrected chi connectivity index (χ3v) is 4.71. The van der Waals surface area contributed by atoms with Gasteiger partial charge in [-0.05, 0) is 45.2 Å². The molecule has 0 radical (unpaired) electrons. The summed E-state index contributed by atoms with van der Waals surface area (Å²) >= 11 is 0. The maximum atomic E-state index is 11.7. The first-order valence-corrected chi connectivity index (χ1v) is 8.08. The molecule has 0 aromatic carbocycles. The highest BCUT2D eigenvalue weighted by Gasteiger charge is 2.29. The van der Waals surface area contributed by atoms with Crippen LogP contribution in [0.15, 0.2) is 0 Å². The minimum absolute atomic E-state index is 0.424. The number of primary amides is 1. The number of amides is 1. The van der Waals surface area contributed by atoms with Crippen LogP contribution in [0.2, 0.25) is 0 Å². The van der Waals surface area contributed by atoms with Crippen molar-refractivity contribution in [2.45, 2.75) is 44.9 Å². The van der Waals surface area contributed by atoms with Crippen LogP contribution in [0.5, 0.6) is 0 Å². The van der Waals surface area contributed by atoms with Crippen molar-refractivity contribution < 1.29 is 4.79 Å². The van der Waals surface area contributed by atoms with Crippen molar-refractivity contribution in [1.29, 1.82) is 0 Å². The number of aromatic nitrogens is 2. The Balaban J connectivity index is 1.96. The van der Waals surface area contributed by atoms with Crippen LogP contribution in [0.1, 0.15) is 49.8 Å². The summed E-state index contributed by atoms with van der Waals surface area (Å²) in [4.78, 5) is 14.1. The second kappa shape index (κ2) is 6.05. The monoisotopic (exact) mass is 291 g/mol. The highest BCUT2D eigenvalue weighted by atomic mass is 16.2. The number of fused-ring (bicyclic) bond motifs is 1. The molecule has 1 saturated heterocycles. The van der Waals surface area contributed by atoms with Gasteiger partial charge in [-0.15, -0.1) is 0 Å². The van der Waals surface area contributed by atoms with Gasteiger partial charge in [-0.3, -0.25) is 0 Å². The molecule has 21 heavy (non-hydrogen) atoms. The number of hydrogen-bond acceptors (Lipinski definition) is 4. The summed E-state index contributed by atoms with van der Waals surface area (Å²) in [6.07, 6.45) is 5.61. The standard InChI is InChI=1S/C15H25N5O/c1-2-19-9-5-6-11(10-19)13-12-7-3-4-8-17-14(12)20(18-13)15(16)21/h11,17H,2-10H2,1H3,(H2,16,21). The van der Waals surface area contributed by atoms with E-state index in [4.69, 9.17) is 5.73 Å². The third-order valence-electron chi connectivity index (χ3n) is 4.71. The normalized spacial score (nSPS) is 23.2. The molecule has 3 N–H and O–H groups in total. The Morgan fingerprint density at radius 3 is 3.05 bits per heavy atom. The molecule has 2 aliphatic heterocycles. The van der Waals surface area contributed by atoms with Crippen molar-refractivity contribution in [3.05, 3.63) is 11.3 Å². The van der Waals surface area contributed by atoms with E-state index in [0.717, 1.165) is 56.8 Å². The van der Waals surface area contributed by atoms with E-state index in [2.05, 4.69) is 22.2 Å². The molecular weight excluding hydrogens is 266 g/mol. The molecule has 0 aliphatic carbocycles. The van der Waals surface area contributed by atoms with Gasteiger partial charge < -0.3 is 16.0 Å². The molecular formula is C15H25N5O. The zero-order valence-electron chi connectivity index (χ0n) is 12.8. The van der Waals surface area contributed by atoms with E-state index >= 15 is 0 Å². The summed E-state index contributed by atoms with van der Waals surface area (Å²) in [6.45, 7) is 6.37. The predicted octanol–water partition coefficient (Wildman–Crippen LogP) is 1.76. The van der Waals surface area contributed by atoms with Gasteiger partial charge in [0.2, 0.25) is 0 Å².